The Kier molecular flexibility index (Phi) is 4.20. The third kappa shape index (κ3) is 2.61. The van der Waals surface area contributed by atoms with Crippen LogP contribution in [0.4, 0.5) is 4.79 Å². The standard InChI is InChI=1S/C10H21N3O/c1-4-12-10(14)13-6-5-9(11-3)8(2)7-13/h8-9,11H,4-7H2,1-3H3,(H,12,14). The molecule has 1 heterocycles. The fourth-order valence-electron chi connectivity index (χ4n) is 2.02. The van der Waals surface area contributed by atoms with Gasteiger partial charge >= 0.3 is 6.03 Å². The third-order valence-corrected chi connectivity index (χ3v) is 2.89. The van der Waals surface area contributed by atoms with Gasteiger partial charge in [0.15, 0.2) is 0 Å². The number of urea groups is 1. The lowest BCUT2D eigenvalue weighted by atomic mass is 9.94. The van der Waals surface area contributed by atoms with Gasteiger partial charge in [-0.25, -0.2) is 4.79 Å². The minimum Gasteiger partial charge on any atom is -0.338 e. The molecule has 0 spiro atoms. The summed E-state index contributed by atoms with van der Waals surface area (Å²) in [6.45, 7) is 6.56. The minimum atomic E-state index is 0.0777. The number of hydrogen-bond acceptors (Lipinski definition) is 2. The molecule has 0 saturated carbocycles. The zero-order chi connectivity index (χ0) is 10.6. The van der Waals surface area contributed by atoms with Crippen molar-refractivity contribution in [2.75, 3.05) is 26.7 Å². The largest absolute Gasteiger partial charge is 0.338 e. The number of carbonyl (C=O) groups is 1. The molecule has 2 unspecified atom stereocenters. The summed E-state index contributed by atoms with van der Waals surface area (Å²) in [6, 6.07) is 0.634. The van der Waals surface area contributed by atoms with E-state index in [2.05, 4.69) is 17.6 Å². The monoisotopic (exact) mass is 199 g/mol. The number of rotatable bonds is 2. The number of nitrogens with one attached hydrogen (secondary N) is 2. The molecule has 2 N–H and O–H groups in total. The van der Waals surface area contributed by atoms with Crippen LogP contribution in [-0.4, -0.2) is 43.7 Å². The van der Waals surface area contributed by atoms with Crippen molar-refractivity contribution in [1.29, 1.82) is 0 Å². The molecule has 1 rings (SSSR count). The average Bonchev–Trinajstić information content (AvgIpc) is 2.18. The van der Waals surface area contributed by atoms with Crippen LogP contribution < -0.4 is 10.6 Å². The molecule has 1 fully saturated rings. The van der Waals surface area contributed by atoms with Gasteiger partial charge in [-0.15, -0.1) is 0 Å². The molecule has 0 aromatic rings. The van der Waals surface area contributed by atoms with E-state index in [0.29, 0.717) is 18.5 Å². The van der Waals surface area contributed by atoms with Gasteiger partial charge in [0.05, 0.1) is 0 Å². The first-order valence-electron chi connectivity index (χ1n) is 5.39. The van der Waals surface area contributed by atoms with Crippen molar-refractivity contribution in [2.24, 2.45) is 5.92 Å². The van der Waals surface area contributed by atoms with E-state index in [1.807, 2.05) is 18.9 Å². The fourth-order valence-corrected chi connectivity index (χ4v) is 2.02. The molecule has 1 aliphatic rings. The second kappa shape index (κ2) is 5.20. The second-order valence-corrected chi connectivity index (χ2v) is 3.94. The van der Waals surface area contributed by atoms with Crippen LogP contribution in [0.1, 0.15) is 20.3 Å². The van der Waals surface area contributed by atoms with E-state index in [0.717, 1.165) is 19.5 Å². The van der Waals surface area contributed by atoms with Crippen LogP contribution in [0.5, 0.6) is 0 Å². The van der Waals surface area contributed by atoms with Gasteiger partial charge < -0.3 is 15.5 Å². The molecule has 0 aliphatic carbocycles. The highest BCUT2D eigenvalue weighted by Gasteiger charge is 2.26. The summed E-state index contributed by atoms with van der Waals surface area (Å²) >= 11 is 0. The normalized spacial score (nSPS) is 27.5. The fraction of sp³-hybridized carbons (Fsp3) is 0.900. The van der Waals surface area contributed by atoms with Gasteiger partial charge in [0, 0.05) is 25.7 Å². The summed E-state index contributed by atoms with van der Waals surface area (Å²) in [7, 11) is 1.99. The van der Waals surface area contributed by atoms with Crippen LogP contribution in [0.25, 0.3) is 0 Å². The number of nitrogens with zero attached hydrogens (tertiary/aromatic N) is 1. The molecule has 1 aliphatic heterocycles. The molecule has 2 atom stereocenters. The first kappa shape index (κ1) is 11.3. The second-order valence-electron chi connectivity index (χ2n) is 3.94. The Morgan fingerprint density at radius 2 is 2.29 bits per heavy atom. The molecule has 0 bridgehead atoms. The van der Waals surface area contributed by atoms with E-state index in [1.54, 1.807) is 0 Å². The van der Waals surface area contributed by atoms with Crippen molar-refractivity contribution in [2.45, 2.75) is 26.3 Å². The maximum atomic E-state index is 11.5. The Labute approximate surface area is 86.0 Å². The van der Waals surface area contributed by atoms with Crippen molar-refractivity contribution >= 4 is 6.03 Å². The first-order chi connectivity index (χ1) is 6.69. The number of likely N-dealkylation sites (tertiary alicyclic amines) is 1. The average molecular weight is 199 g/mol. The first-order valence-corrected chi connectivity index (χ1v) is 5.39. The highest BCUT2D eigenvalue weighted by atomic mass is 16.2. The minimum absolute atomic E-state index is 0.0777. The number of hydrogen-bond donors (Lipinski definition) is 2. The molecule has 4 nitrogen and oxygen atoms in total. The molecule has 82 valence electrons. The topological polar surface area (TPSA) is 44.4 Å². The summed E-state index contributed by atoms with van der Waals surface area (Å²) < 4.78 is 0. The van der Waals surface area contributed by atoms with Gasteiger partial charge in [0.2, 0.25) is 0 Å². The smallest absolute Gasteiger partial charge is 0.317 e. The maximum Gasteiger partial charge on any atom is 0.317 e. The predicted molar refractivity (Wildman–Crippen MR) is 57.3 cm³/mol. The SMILES string of the molecule is CCNC(=O)N1CCC(NC)C(C)C1. The van der Waals surface area contributed by atoms with E-state index in [9.17, 15) is 4.79 Å². The summed E-state index contributed by atoms with van der Waals surface area (Å²) in [5.74, 6) is 0.538. The van der Waals surface area contributed by atoms with Crippen LogP contribution in [0.3, 0.4) is 0 Å². The molecule has 0 aromatic heterocycles. The Balaban J connectivity index is 2.41. The lowest BCUT2D eigenvalue weighted by Crippen LogP contribution is -2.51. The van der Waals surface area contributed by atoms with Crippen molar-refractivity contribution < 1.29 is 4.79 Å². The van der Waals surface area contributed by atoms with Crippen LogP contribution >= 0.6 is 0 Å². The van der Waals surface area contributed by atoms with E-state index in [4.69, 9.17) is 0 Å². The van der Waals surface area contributed by atoms with E-state index in [1.165, 1.54) is 0 Å². The van der Waals surface area contributed by atoms with Crippen molar-refractivity contribution in [3.63, 3.8) is 0 Å². The molecule has 4 heteroatoms. The number of amides is 2. The van der Waals surface area contributed by atoms with Crippen LogP contribution in [0, 0.1) is 5.92 Å². The summed E-state index contributed by atoms with van der Waals surface area (Å²) in [5, 5.41) is 6.12. The van der Waals surface area contributed by atoms with E-state index >= 15 is 0 Å². The lowest BCUT2D eigenvalue weighted by molar-refractivity contribution is 0.153. The van der Waals surface area contributed by atoms with Crippen LogP contribution in [0.2, 0.25) is 0 Å². The molecular weight excluding hydrogens is 178 g/mol. The molecule has 2 amide bonds. The number of carbonyl (C=O) groups excluding carboxylic acids is 1. The molecule has 0 radical (unpaired) electrons. The summed E-state index contributed by atoms with van der Waals surface area (Å²) in [4.78, 5) is 13.4. The zero-order valence-corrected chi connectivity index (χ0v) is 9.34. The summed E-state index contributed by atoms with van der Waals surface area (Å²) in [5.41, 5.74) is 0. The maximum absolute atomic E-state index is 11.5. The van der Waals surface area contributed by atoms with Gasteiger partial charge in [-0.3, -0.25) is 0 Å². The highest BCUT2D eigenvalue weighted by Crippen LogP contribution is 2.16. The van der Waals surface area contributed by atoms with Crippen LogP contribution in [-0.2, 0) is 0 Å². The molecule has 0 aromatic carbocycles. The van der Waals surface area contributed by atoms with Gasteiger partial charge in [0.25, 0.3) is 0 Å². The highest BCUT2D eigenvalue weighted by molar-refractivity contribution is 5.74. The van der Waals surface area contributed by atoms with E-state index in [-0.39, 0.29) is 6.03 Å². The van der Waals surface area contributed by atoms with Gasteiger partial charge in [0.1, 0.15) is 0 Å². The Hall–Kier alpha value is -0.770. The van der Waals surface area contributed by atoms with Crippen molar-refractivity contribution in [3.8, 4) is 0 Å². The summed E-state index contributed by atoms with van der Waals surface area (Å²) in [6.07, 6.45) is 1.05. The van der Waals surface area contributed by atoms with Crippen LogP contribution in [0.15, 0.2) is 0 Å². The van der Waals surface area contributed by atoms with Gasteiger partial charge in [-0.1, -0.05) is 6.92 Å². The lowest BCUT2D eigenvalue weighted by Gasteiger charge is -2.36. The van der Waals surface area contributed by atoms with Gasteiger partial charge in [-0.2, -0.15) is 0 Å². The molecule has 14 heavy (non-hydrogen) atoms. The van der Waals surface area contributed by atoms with Crippen molar-refractivity contribution in [3.05, 3.63) is 0 Å². The zero-order valence-electron chi connectivity index (χ0n) is 9.34. The molecular formula is C10H21N3O. The van der Waals surface area contributed by atoms with Crippen molar-refractivity contribution in [1.82, 2.24) is 15.5 Å². The predicted octanol–water partition coefficient (Wildman–Crippen LogP) is 0.646. The van der Waals surface area contributed by atoms with Gasteiger partial charge in [-0.05, 0) is 26.3 Å². The Morgan fingerprint density at radius 1 is 1.57 bits per heavy atom. The Bertz CT molecular complexity index is 196. The number of piperidine rings is 1. The van der Waals surface area contributed by atoms with E-state index < -0.39 is 0 Å². The quantitative estimate of drug-likeness (QED) is 0.685. The molecule has 1 saturated heterocycles. The Morgan fingerprint density at radius 3 is 2.79 bits per heavy atom. The third-order valence-electron chi connectivity index (χ3n) is 2.89.